The van der Waals surface area contributed by atoms with E-state index in [4.69, 9.17) is 0 Å². The van der Waals surface area contributed by atoms with E-state index in [-0.39, 0.29) is 5.78 Å². The minimum absolute atomic E-state index is 0.223. The Morgan fingerprint density at radius 3 is 2.50 bits per heavy atom. The van der Waals surface area contributed by atoms with Crippen molar-refractivity contribution >= 4 is 22.8 Å². The van der Waals surface area contributed by atoms with E-state index in [1.807, 2.05) is 34.6 Å². The number of fused-ring (bicyclic) bond motifs is 3. The van der Waals surface area contributed by atoms with E-state index in [1.54, 1.807) is 0 Å². The van der Waals surface area contributed by atoms with Gasteiger partial charge in [0.15, 0.2) is 5.78 Å². The molecule has 26 heavy (non-hydrogen) atoms. The summed E-state index contributed by atoms with van der Waals surface area (Å²) in [6, 6.07) is 4.52. The zero-order valence-electron chi connectivity index (χ0n) is 16.0. The molecule has 2 aliphatic rings. The van der Waals surface area contributed by atoms with Crippen molar-refractivity contribution in [2.45, 2.75) is 64.8 Å². The third-order valence-electron chi connectivity index (χ3n) is 6.08. The van der Waals surface area contributed by atoms with Crippen molar-refractivity contribution in [3.8, 4) is 17.2 Å². The fraction of sp³-hybridized carbons (Fsp3) is 0.455. The molecule has 0 saturated carbocycles. The first kappa shape index (κ1) is 17.3. The summed E-state index contributed by atoms with van der Waals surface area (Å²) < 4.78 is 0. The van der Waals surface area contributed by atoms with Crippen LogP contribution < -0.4 is 5.32 Å². The third kappa shape index (κ3) is 2.20. The van der Waals surface area contributed by atoms with Gasteiger partial charge >= 0.3 is 0 Å². The summed E-state index contributed by atoms with van der Waals surface area (Å²) in [6.07, 6.45) is 3.25. The van der Waals surface area contributed by atoms with Crippen LogP contribution in [0, 0.1) is 18.3 Å². The molecule has 0 fully saturated rings. The van der Waals surface area contributed by atoms with Gasteiger partial charge in [-0.3, -0.25) is 4.79 Å². The summed E-state index contributed by atoms with van der Waals surface area (Å²) >= 11 is 1.51. The normalized spacial score (nSPS) is 19.5. The molecule has 1 N–H and O–H groups in total. The fourth-order valence-electron chi connectivity index (χ4n) is 4.72. The van der Waals surface area contributed by atoms with Gasteiger partial charge in [-0.2, -0.15) is 5.26 Å². The maximum atomic E-state index is 13.1. The van der Waals surface area contributed by atoms with Gasteiger partial charge in [-0.1, -0.05) is 0 Å². The van der Waals surface area contributed by atoms with E-state index in [0.717, 1.165) is 40.8 Å². The van der Waals surface area contributed by atoms with Crippen LogP contribution in [-0.2, 0) is 23.1 Å². The van der Waals surface area contributed by atoms with Gasteiger partial charge in [0.1, 0.15) is 10.9 Å². The van der Waals surface area contributed by atoms with Gasteiger partial charge < -0.3 is 5.32 Å². The number of hydrogen-bond acceptors (Lipinski definition) is 4. The zero-order chi connectivity index (χ0) is 18.9. The summed E-state index contributed by atoms with van der Waals surface area (Å²) in [5, 5.41) is 15.0. The molecule has 0 spiro atoms. The average Bonchev–Trinajstić information content (AvgIpc) is 3.20. The molecule has 1 aromatic carbocycles. The number of anilines is 1. The number of nitrogens with zero attached hydrogens (tertiary/aromatic N) is 1. The van der Waals surface area contributed by atoms with Crippen LogP contribution >= 0.6 is 11.3 Å². The molecule has 2 heterocycles. The van der Waals surface area contributed by atoms with Crippen LogP contribution in [0.4, 0.5) is 5.69 Å². The van der Waals surface area contributed by atoms with Crippen LogP contribution in [0.5, 0.6) is 0 Å². The highest BCUT2D eigenvalue weighted by Gasteiger charge is 2.47. The third-order valence-corrected chi connectivity index (χ3v) is 7.07. The second-order valence-corrected chi connectivity index (χ2v) is 9.46. The maximum absolute atomic E-state index is 13.1. The number of thiophene rings is 1. The Labute approximate surface area is 159 Å². The number of carbonyl (C=O) groups excluding carboxylic acids is 1. The summed E-state index contributed by atoms with van der Waals surface area (Å²) in [5.41, 5.74) is 7.37. The smallest absolute Gasteiger partial charge is 0.167 e. The highest BCUT2D eigenvalue weighted by molar-refractivity contribution is 7.11. The fourth-order valence-corrected chi connectivity index (χ4v) is 5.60. The Bertz CT molecular complexity index is 989. The summed E-state index contributed by atoms with van der Waals surface area (Å²) in [4.78, 5) is 13.9. The molecule has 0 saturated heterocycles. The van der Waals surface area contributed by atoms with Gasteiger partial charge in [-0.05, 0) is 93.3 Å². The predicted molar refractivity (Wildman–Crippen MR) is 107 cm³/mol. The lowest BCUT2D eigenvalue weighted by atomic mass is 9.68. The lowest BCUT2D eigenvalue weighted by molar-refractivity contribution is -0.127. The number of ketones is 1. The molecule has 0 radical (unpaired) electrons. The van der Waals surface area contributed by atoms with Crippen molar-refractivity contribution in [3.63, 3.8) is 0 Å². The number of benzene rings is 1. The highest BCUT2D eigenvalue weighted by atomic mass is 32.1. The van der Waals surface area contributed by atoms with Gasteiger partial charge in [0.05, 0.1) is 11.0 Å². The molecule has 4 rings (SSSR count). The number of rotatable bonds is 1. The first-order chi connectivity index (χ1) is 12.2. The molecule has 134 valence electrons. The van der Waals surface area contributed by atoms with Gasteiger partial charge in [-0.25, -0.2) is 0 Å². The highest BCUT2D eigenvalue weighted by Crippen LogP contribution is 2.49. The predicted octanol–water partition coefficient (Wildman–Crippen LogP) is 5.13. The van der Waals surface area contributed by atoms with Crippen molar-refractivity contribution in [2.24, 2.45) is 0 Å². The Balaban J connectivity index is 2.03. The van der Waals surface area contributed by atoms with Crippen LogP contribution in [0.1, 0.15) is 61.2 Å². The molecule has 0 unspecified atom stereocenters. The molecule has 1 aromatic heterocycles. The topological polar surface area (TPSA) is 52.9 Å². The molecule has 0 bridgehead atoms. The van der Waals surface area contributed by atoms with Crippen molar-refractivity contribution < 1.29 is 4.79 Å². The minimum Gasteiger partial charge on any atom is -0.373 e. The SMILES string of the molecule is Cc1c(-c2cc3c(c4c2CCC4)NC(C)(C)C(=O)C3(C)C)csc1C#N. The number of hydrogen-bond donors (Lipinski definition) is 1. The minimum atomic E-state index is -0.555. The molecular formula is C22H24N2OS. The standard InChI is InChI=1S/C22H24N2OS/c1-12-16(11-26-18(12)10-23)15-9-17-19(14-8-6-7-13(14)15)24-22(4,5)20(25)21(17,2)3/h9,11,24H,6-8H2,1-5H3. The van der Waals surface area contributed by atoms with E-state index in [2.05, 4.69) is 22.8 Å². The Kier molecular flexibility index (Phi) is 3.62. The van der Waals surface area contributed by atoms with E-state index < -0.39 is 11.0 Å². The molecule has 4 heteroatoms. The molecular weight excluding hydrogens is 340 g/mol. The van der Waals surface area contributed by atoms with Gasteiger partial charge in [0.2, 0.25) is 0 Å². The summed E-state index contributed by atoms with van der Waals surface area (Å²) in [6.45, 7) is 10.1. The van der Waals surface area contributed by atoms with Crippen LogP contribution in [0.3, 0.4) is 0 Å². The van der Waals surface area contributed by atoms with Crippen LogP contribution in [0.2, 0.25) is 0 Å². The largest absolute Gasteiger partial charge is 0.373 e. The van der Waals surface area contributed by atoms with Crippen molar-refractivity contribution in [3.05, 3.63) is 38.6 Å². The summed E-state index contributed by atoms with van der Waals surface area (Å²) in [5.74, 6) is 0.223. The average molecular weight is 365 g/mol. The number of nitriles is 1. The lowest BCUT2D eigenvalue weighted by Gasteiger charge is -2.43. The Morgan fingerprint density at radius 1 is 1.15 bits per heavy atom. The number of Topliss-reactive ketones (excluding diaryl/α,β-unsaturated/α-hetero) is 1. The van der Waals surface area contributed by atoms with Gasteiger partial charge in [0, 0.05) is 11.1 Å². The van der Waals surface area contributed by atoms with Crippen molar-refractivity contribution in [1.82, 2.24) is 0 Å². The Hall–Kier alpha value is -2.12. The van der Waals surface area contributed by atoms with Crippen LogP contribution in [-0.4, -0.2) is 11.3 Å². The molecule has 3 nitrogen and oxygen atoms in total. The van der Waals surface area contributed by atoms with E-state index in [0.29, 0.717) is 0 Å². The maximum Gasteiger partial charge on any atom is 0.167 e. The first-order valence-electron chi connectivity index (χ1n) is 9.19. The van der Waals surface area contributed by atoms with Crippen LogP contribution in [0.25, 0.3) is 11.1 Å². The molecule has 1 aliphatic heterocycles. The molecule has 0 amide bonds. The second-order valence-electron chi connectivity index (χ2n) is 8.58. The van der Waals surface area contributed by atoms with E-state index >= 15 is 0 Å². The molecule has 0 atom stereocenters. The monoisotopic (exact) mass is 364 g/mol. The molecule has 2 aromatic rings. The number of carbonyl (C=O) groups is 1. The first-order valence-corrected chi connectivity index (χ1v) is 10.1. The molecule has 1 aliphatic carbocycles. The zero-order valence-corrected chi connectivity index (χ0v) is 16.9. The quantitative estimate of drug-likeness (QED) is 0.763. The van der Waals surface area contributed by atoms with Crippen LogP contribution in [0.15, 0.2) is 11.4 Å². The van der Waals surface area contributed by atoms with E-state index in [1.165, 1.54) is 33.7 Å². The summed E-state index contributed by atoms with van der Waals surface area (Å²) in [7, 11) is 0. The second kappa shape index (κ2) is 5.44. The lowest BCUT2D eigenvalue weighted by Crippen LogP contribution is -2.53. The van der Waals surface area contributed by atoms with E-state index in [9.17, 15) is 10.1 Å². The van der Waals surface area contributed by atoms with Crippen molar-refractivity contribution in [1.29, 1.82) is 5.26 Å². The van der Waals surface area contributed by atoms with Crippen molar-refractivity contribution in [2.75, 3.05) is 5.32 Å². The number of nitrogens with one attached hydrogen (secondary N) is 1. The Morgan fingerprint density at radius 2 is 1.85 bits per heavy atom. The van der Waals surface area contributed by atoms with Gasteiger partial charge in [0.25, 0.3) is 0 Å². The van der Waals surface area contributed by atoms with Gasteiger partial charge in [-0.15, -0.1) is 11.3 Å².